The van der Waals surface area contributed by atoms with Crippen LogP contribution in [0.15, 0.2) is 16.7 Å². The van der Waals surface area contributed by atoms with Crippen molar-refractivity contribution in [3.63, 3.8) is 0 Å². The Balaban J connectivity index is 2.81. The van der Waals surface area contributed by atoms with E-state index in [4.69, 9.17) is 5.11 Å². The summed E-state index contributed by atoms with van der Waals surface area (Å²) in [5.74, 6) is -2.79. The first-order valence-electron chi connectivity index (χ1n) is 4.58. The molecule has 0 saturated carbocycles. The third-order valence-electron chi connectivity index (χ3n) is 2.07. The van der Waals surface area contributed by atoms with E-state index in [2.05, 4.69) is 26.2 Å². The second kappa shape index (κ2) is 5.07. The molecule has 0 aliphatic heterocycles. The smallest absolute Gasteiger partial charge is 0.315 e. The highest BCUT2D eigenvalue weighted by molar-refractivity contribution is 9.10. The number of hydrogen-bond acceptors (Lipinski definition) is 3. The standard InChI is InChI=1S/C10H11BrN2O3/c1-5(10(15)16)9(14)13-7-3-4-8(11)12-6(7)2/h3-5H,1-2H3,(H,13,14)(H,15,16). The van der Waals surface area contributed by atoms with Crippen LogP contribution in [0.1, 0.15) is 12.6 Å². The number of anilines is 1. The summed E-state index contributed by atoms with van der Waals surface area (Å²) >= 11 is 3.20. The Kier molecular flexibility index (Phi) is 4.00. The molecule has 0 aromatic carbocycles. The van der Waals surface area contributed by atoms with E-state index in [9.17, 15) is 9.59 Å². The third kappa shape index (κ3) is 3.03. The van der Waals surface area contributed by atoms with Crippen molar-refractivity contribution in [3.8, 4) is 0 Å². The molecule has 1 amide bonds. The molecule has 16 heavy (non-hydrogen) atoms. The number of amides is 1. The van der Waals surface area contributed by atoms with E-state index < -0.39 is 17.8 Å². The topological polar surface area (TPSA) is 79.3 Å². The van der Waals surface area contributed by atoms with Gasteiger partial charge in [0.25, 0.3) is 0 Å². The molecule has 0 aliphatic carbocycles. The number of pyridine rings is 1. The van der Waals surface area contributed by atoms with Crippen LogP contribution in [0.3, 0.4) is 0 Å². The third-order valence-corrected chi connectivity index (χ3v) is 2.52. The van der Waals surface area contributed by atoms with Gasteiger partial charge >= 0.3 is 5.97 Å². The fourth-order valence-corrected chi connectivity index (χ4v) is 1.41. The molecule has 5 nitrogen and oxygen atoms in total. The Morgan fingerprint density at radius 3 is 2.62 bits per heavy atom. The monoisotopic (exact) mass is 286 g/mol. The van der Waals surface area contributed by atoms with Crippen LogP contribution in [0.25, 0.3) is 0 Å². The Bertz CT molecular complexity index is 434. The van der Waals surface area contributed by atoms with Gasteiger partial charge in [0, 0.05) is 0 Å². The molecule has 1 aromatic heterocycles. The number of hydrogen-bond donors (Lipinski definition) is 2. The van der Waals surface area contributed by atoms with E-state index in [0.29, 0.717) is 16.0 Å². The average Bonchev–Trinajstić information content (AvgIpc) is 2.20. The van der Waals surface area contributed by atoms with Gasteiger partial charge in [0.15, 0.2) is 0 Å². The fraction of sp³-hybridized carbons (Fsp3) is 0.300. The zero-order valence-corrected chi connectivity index (χ0v) is 10.4. The first-order chi connectivity index (χ1) is 7.41. The number of carbonyl (C=O) groups excluding carboxylic acids is 1. The van der Waals surface area contributed by atoms with E-state index >= 15 is 0 Å². The first-order valence-corrected chi connectivity index (χ1v) is 5.38. The van der Waals surface area contributed by atoms with Gasteiger partial charge in [-0.3, -0.25) is 9.59 Å². The summed E-state index contributed by atoms with van der Waals surface area (Å²) in [4.78, 5) is 26.1. The van der Waals surface area contributed by atoms with Crippen LogP contribution in [-0.2, 0) is 9.59 Å². The molecule has 1 rings (SSSR count). The maximum Gasteiger partial charge on any atom is 0.315 e. The van der Waals surface area contributed by atoms with Gasteiger partial charge in [-0.25, -0.2) is 4.98 Å². The number of nitrogens with one attached hydrogen (secondary N) is 1. The molecule has 1 atom stereocenters. The molecule has 0 fully saturated rings. The highest BCUT2D eigenvalue weighted by Gasteiger charge is 2.20. The molecule has 1 heterocycles. The molecule has 0 spiro atoms. The van der Waals surface area contributed by atoms with Crippen molar-refractivity contribution in [2.45, 2.75) is 13.8 Å². The molecule has 1 unspecified atom stereocenters. The second-order valence-electron chi connectivity index (χ2n) is 3.32. The molecule has 6 heteroatoms. The van der Waals surface area contributed by atoms with Gasteiger partial charge in [-0.1, -0.05) is 0 Å². The highest BCUT2D eigenvalue weighted by Crippen LogP contribution is 2.16. The Labute approximate surface area is 101 Å². The normalized spacial score (nSPS) is 11.9. The van der Waals surface area contributed by atoms with E-state index in [1.165, 1.54) is 6.92 Å². The maximum atomic E-state index is 11.5. The molecule has 86 valence electrons. The van der Waals surface area contributed by atoms with Crippen molar-refractivity contribution in [1.82, 2.24) is 4.98 Å². The van der Waals surface area contributed by atoms with Crippen molar-refractivity contribution in [2.75, 3.05) is 5.32 Å². The summed E-state index contributed by atoms with van der Waals surface area (Å²) in [6, 6.07) is 3.34. The van der Waals surface area contributed by atoms with Crippen molar-refractivity contribution in [2.24, 2.45) is 5.92 Å². The van der Waals surface area contributed by atoms with E-state index in [0.717, 1.165) is 0 Å². The number of aliphatic carboxylic acids is 1. The Morgan fingerprint density at radius 1 is 1.50 bits per heavy atom. The van der Waals surface area contributed by atoms with Crippen LogP contribution >= 0.6 is 15.9 Å². The summed E-state index contributed by atoms with van der Waals surface area (Å²) in [7, 11) is 0. The number of aromatic nitrogens is 1. The molecule has 0 aliphatic rings. The van der Waals surface area contributed by atoms with Crippen LogP contribution in [0.2, 0.25) is 0 Å². The number of halogens is 1. The van der Waals surface area contributed by atoms with Crippen LogP contribution in [0.5, 0.6) is 0 Å². The molecule has 0 saturated heterocycles. The molecular weight excluding hydrogens is 276 g/mol. The summed E-state index contributed by atoms with van der Waals surface area (Å²) in [6.07, 6.45) is 0. The number of carboxylic acid groups (broad SMARTS) is 1. The lowest BCUT2D eigenvalue weighted by atomic mass is 10.1. The Morgan fingerprint density at radius 2 is 2.12 bits per heavy atom. The van der Waals surface area contributed by atoms with Crippen molar-refractivity contribution >= 4 is 33.5 Å². The lowest BCUT2D eigenvalue weighted by Gasteiger charge is -2.10. The van der Waals surface area contributed by atoms with Gasteiger partial charge in [0.2, 0.25) is 5.91 Å². The minimum Gasteiger partial charge on any atom is -0.481 e. The number of carboxylic acids is 1. The lowest BCUT2D eigenvalue weighted by molar-refractivity contribution is -0.144. The van der Waals surface area contributed by atoms with Crippen LogP contribution in [-0.4, -0.2) is 22.0 Å². The summed E-state index contributed by atoms with van der Waals surface area (Å²) < 4.78 is 0.661. The average molecular weight is 287 g/mol. The molecule has 0 bridgehead atoms. The quantitative estimate of drug-likeness (QED) is 0.656. The van der Waals surface area contributed by atoms with Gasteiger partial charge in [-0.2, -0.15) is 0 Å². The van der Waals surface area contributed by atoms with Crippen molar-refractivity contribution in [1.29, 1.82) is 0 Å². The highest BCUT2D eigenvalue weighted by atomic mass is 79.9. The predicted molar refractivity (Wildman–Crippen MR) is 62.1 cm³/mol. The Hall–Kier alpha value is -1.43. The first kappa shape index (κ1) is 12.6. The molecule has 2 N–H and O–H groups in total. The van der Waals surface area contributed by atoms with E-state index in [1.807, 2.05) is 0 Å². The van der Waals surface area contributed by atoms with Gasteiger partial charge in [0.1, 0.15) is 10.5 Å². The number of rotatable bonds is 3. The van der Waals surface area contributed by atoms with Gasteiger partial charge < -0.3 is 10.4 Å². The number of nitrogens with zero attached hydrogens (tertiary/aromatic N) is 1. The second-order valence-corrected chi connectivity index (χ2v) is 4.13. The van der Waals surface area contributed by atoms with E-state index in [1.54, 1.807) is 19.1 Å². The number of carbonyl (C=O) groups is 2. The lowest BCUT2D eigenvalue weighted by Crippen LogP contribution is -2.27. The van der Waals surface area contributed by atoms with Gasteiger partial charge in [-0.15, -0.1) is 0 Å². The van der Waals surface area contributed by atoms with Crippen molar-refractivity contribution < 1.29 is 14.7 Å². The molecule has 1 aromatic rings. The summed E-state index contributed by atoms with van der Waals surface area (Å²) in [6.45, 7) is 3.06. The minimum atomic E-state index is -1.15. The van der Waals surface area contributed by atoms with Crippen LogP contribution < -0.4 is 5.32 Å². The predicted octanol–water partition coefficient (Wildman–Crippen LogP) is 1.81. The largest absolute Gasteiger partial charge is 0.481 e. The maximum absolute atomic E-state index is 11.5. The zero-order chi connectivity index (χ0) is 12.3. The van der Waals surface area contributed by atoms with E-state index in [-0.39, 0.29) is 0 Å². The van der Waals surface area contributed by atoms with Gasteiger partial charge in [-0.05, 0) is 41.9 Å². The molecule has 0 radical (unpaired) electrons. The SMILES string of the molecule is Cc1nc(Br)ccc1NC(=O)C(C)C(=O)O. The zero-order valence-electron chi connectivity index (χ0n) is 8.82. The molecular formula is C10H11BrN2O3. The van der Waals surface area contributed by atoms with Crippen molar-refractivity contribution in [3.05, 3.63) is 22.4 Å². The minimum absolute atomic E-state index is 0.515. The van der Waals surface area contributed by atoms with Crippen LogP contribution in [0, 0.1) is 12.8 Å². The fourth-order valence-electron chi connectivity index (χ4n) is 1.02. The summed E-state index contributed by atoms with van der Waals surface area (Å²) in [5.41, 5.74) is 1.14. The van der Waals surface area contributed by atoms with Gasteiger partial charge in [0.05, 0.1) is 11.4 Å². The number of aryl methyl sites for hydroxylation is 1. The van der Waals surface area contributed by atoms with Crippen LogP contribution in [0.4, 0.5) is 5.69 Å². The summed E-state index contributed by atoms with van der Waals surface area (Å²) in [5, 5.41) is 11.2.